The highest BCUT2D eigenvalue weighted by atomic mass is 16.5. The molecule has 146 valence electrons. The van der Waals surface area contributed by atoms with E-state index in [0.717, 1.165) is 33.7 Å². The molecule has 0 spiro atoms. The van der Waals surface area contributed by atoms with Gasteiger partial charge in [-0.3, -0.25) is 4.98 Å². The highest BCUT2D eigenvalue weighted by Crippen LogP contribution is 2.50. The van der Waals surface area contributed by atoms with Gasteiger partial charge in [-0.25, -0.2) is 4.68 Å². The van der Waals surface area contributed by atoms with Crippen LogP contribution >= 0.6 is 0 Å². The van der Waals surface area contributed by atoms with E-state index in [1.54, 1.807) is 12.5 Å². The number of rotatable bonds is 2. The Balaban J connectivity index is 1.65. The number of pyridine rings is 1. The standard InChI is InChI=1S/C24H19N5O/c1-15-9-10-19-18(12-15)21-20(23(30-19)16-6-3-2-4-7-16)22(17-8-5-11-25-13-17)29-24(28-21)26-14-27-29/h2-14,22-23H,1H3,(H,26,27,28)/t22-,23-/m1/s1. The van der Waals surface area contributed by atoms with Gasteiger partial charge in [0.15, 0.2) is 0 Å². The van der Waals surface area contributed by atoms with Crippen LogP contribution in [0.15, 0.2) is 85.0 Å². The maximum atomic E-state index is 6.61. The van der Waals surface area contributed by atoms with Crippen LogP contribution in [0.5, 0.6) is 5.75 Å². The van der Waals surface area contributed by atoms with Crippen molar-refractivity contribution >= 4 is 11.6 Å². The van der Waals surface area contributed by atoms with Crippen LogP contribution < -0.4 is 10.1 Å². The Kier molecular flexibility index (Phi) is 3.71. The molecule has 0 radical (unpaired) electrons. The van der Waals surface area contributed by atoms with E-state index < -0.39 is 0 Å². The lowest BCUT2D eigenvalue weighted by atomic mass is 9.85. The molecule has 0 bridgehead atoms. The topological polar surface area (TPSA) is 64.9 Å². The highest BCUT2D eigenvalue weighted by Gasteiger charge is 2.40. The van der Waals surface area contributed by atoms with Gasteiger partial charge in [-0.05, 0) is 36.2 Å². The molecule has 0 unspecified atom stereocenters. The summed E-state index contributed by atoms with van der Waals surface area (Å²) in [6.07, 6.45) is 5.00. The van der Waals surface area contributed by atoms with E-state index in [9.17, 15) is 0 Å². The number of hydrogen-bond donors (Lipinski definition) is 1. The maximum Gasteiger partial charge on any atom is 0.226 e. The Hall–Kier alpha value is -3.93. The van der Waals surface area contributed by atoms with E-state index in [1.165, 1.54) is 5.56 Å². The molecule has 2 aliphatic heterocycles. The lowest BCUT2D eigenvalue weighted by molar-refractivity contribution is 0.223. The van der Waals surface area contributed by atoms with Crippen molar-refractivity contribution in [3.63, 3.8) is 0 Å². The molecule has 0 saturated carbocycles. The van der Waals surface area contributed by atoms with E-state index in [0.29, 0.717) is 5.95 Å². The summed E-state index contributed by atoms with van der Waals surface area (Å²) in [5.41, 5.74) is 6.48. The molecule has 2 aromatic carbocycles. The Morgan fingerprint density at radius 1 is 1.00 bits per heavy atom. The fourth-order valence-electron chi connectivity index (χ4n) is 4.34. The minimum Gasteiger partial charge on any atom is -0.480 e. The first-order valence-corrected chi connectivity index (χ1v) is 9.93. The second-order valence-electron chi connectivity index (χ2n) is 7.58. The van der Waals surface area contributed by atoms with Crippen molar-refractivity contribution in [3.05, 3.63) is 107 Å². The monoisotopic (exact) mass is 393 g/mol. The third-order valence-electron chi connectivity index (χ3n) is 5.67. The zero-order valence-electron chi connectivity index (χ0n) is 16.4. The summed E-state index contributed by atoms with van der Waals surface area (Å²) in [7, 11) is 0. The molecule has 2 aliphatic rings. The van der Waals surface area contributed by atoms with Crippen LogP contribution in [0.1, 0.15) is 34.4 Å². The average Bonchev–Trinajstić information content (AvgIpc) is 3.27. The molecule has 2 atom stereocenters. The van der Waals surface area contributed by atoms with Crippen molar-refractivity contribution in [1.82, 2.24) is 19.7 Å². The summed E-state index contributed by atoms with van der Waals surface area (Å²) in [4.78, 5) is 8.83. The lowest BCUT2D eigenvalue weighted by Gasteiger charge is -2.39. The number of hydrogen-bond acceptors (Lipinski definition) is 5. The molecule has 0 fully saturated rings. The first kappa shape index (κ1) is 17.0. The van der Waals surface area contributed by atoms with Crippen molar-refractivity contribution in [2.24, 2.45) is 0 Å². The number of ether oxygens (including phenoxy) is 1. The molecule has 4 heterocycles. The van der Waals surface area contributed by atoms with Gasteiger partial charge in [0.2, 0.25) is 5.95 Å². The molecule has 0 aliphatic carbocycles. The molecule has 4 aromatic rings. The van der Waals surface area contributed by atoms with Crippen molar-refractivity contribution < 1.29 is 4.74 Å². The number of benzene rings is 2. The Morgan fingerprint density at radius 2 is 1.87 bits per heavy atom. The third kappa shape index (κ3) is 2.54. The first-order valence-electron chi connectivity index (χ1n) is 9.93. The van der Waals surface area contributed by atoms with Crippen LogP contribution in [0.25, 0.3) is 5.70 Å². The zero-order chi connectivity index (χ0) is 20.1. The van der Waals surface area contributed by atoms with Crippen molar-refractivity contribution in [2.45, 2.75) is 19.1 Å². The van der Waals surface area contributed by atoms with Crippen molar-refractivity contribution in [1.29, 1.82) is 0 Å². The number of aryl methyl sites for hydroxylation is 1. The van der Waals surface area contributed by atoms with Crippen molar-refractivity contribution in [2.75, 3.05) is 5.32 Å². The second kappa shape index (κ2) is 6.56. The lowest BCUT2D eigenvalue weighted by Crippen LogP contribution is -2.32. The van der Waals surface area contributed by atoms with Gasteiger partial charge in [-0.15, -0.1) is 0 Å². The van der Waals surface area contributed by atoms with E-state index in [-0.39, 0.29) is 12.1 Å². The minimum atomic E-state index is -0.258. The summed E-state index contributed by atoms with van der Waals surface area (Å²) in [6, 6.07) is 20.4. The molecule has 6 nitrogen and oxygen atoms in total. The van der Waals surface area contributed by atoms with Gasteiger partial charge >= 0.3 is 0 Å². The van der Waals surface area contributed by atoms with Crippen LogP contribution in [0, 0.1) is 6.92 Å². The van der Waals surface area contributed by atoms with E-state index in [1.807, 2.05) is 41.2 Å². The second-order valence-corrected chi connectivity index (χ2v) is 7.58. The van der Waals surface area contributed by atoms with Gasteiger partial charge in [0.05, 0.1) is 5.70 Å². The quantitative estimate of drug-likeness (QED) is 0.542. The van der Waals surface area contributed by atoms with Gasteiger partial charge in [0.1, 0.15) is 24.2 Å². The zero-order valence-corrected chi connectivity index (χ0v) is 16.4. The predicted molar refractivity (Wildman–Crippen MR) is 114 cm³/mol. The summed E-state index contributed by atoms with van der Waals surface area (Å²) in [5, 5.41) is 8.06. The summed E-state index contributed by atoms with van der Waals surface area (Å²) in [5.74, 6) is 1.57. The largest absolute Gasteiger partial charge is 0.480 e. The average molecular weight is 393 g/mol. The van der Waals surface area contributed by atoms with Gasteiger partial charge in [-0.2, -0.15) is 10.1 Å². The summed E-state index contributed by atoms with van der Waals surface area (Å²) < 4.78 is 8.52. The molecule has 0 amide bonds. The first-order chi connectivity index (χ1) is 14.8. The van der Waals surface area contributed by atoms with E-state index in [4.69, 9.17) is 4.74 Å². The molecule has 2 aromatic heterocycles. The number of anilines is 1. The van der Waals surface area contributed by atoms with E-state index in [2.05, 4.69) is 57.6 Å². The molecule has 30 heavy (non-hydrogen) atoms. The highest BCUT2D eigenvalue weighted by molar-refractivity contribution is 5.85. The maximum absolute atomic E-state index is 6.61. The predicted octanol–water partition coefficient (Wildman–Crippen LogP) is 4.54. The number of aromatic nitrogens is 4. The summed E-state index contributed by atoms with van der Waals surface area (Å²) in [6.45, 7) is 2.09. The van der Waals surface area contributed by atoms with Gasteiger partial charge in [0, 0.05) is 23.5 Å². The molecular formula is C24H19N5O. The number of nitrogens with one attached hydrogen (secondary N) is 1. The van der Waals surface area contributed by atoms with Gasteiger partial charge in [-0.1, -0.05) is 48.0 Å². The smallest absolute Gasteiger partial charge is 0.226 e. The molecule has 1 N–H and O–H groups in total. The van der Waals surface area contributed by atoms with Gasteiger partial charge in [0.25, 0.3) is 0 Å². The third-order valence-corrected chi connectivity index (χ3v) is 5.67. The Morgan fingerprint density at radius 3 is 2.70 bits per heavy atom. The molecular weight excluding hydrogens is 374 g/mol. The van der Waals surface area contributed by atoms with Crippen LogP contribution in [-0.4, -0.2) is 19.7 Å². The Labute approximate surface area is 173 Å². The van der Waals surface area contributed by atoms with Crippen LogP contribution in [0.3, 0.4) is 0 Å². The van der Waals surface area contributed by atoms with E-state index >= 15 is 0 Å². The number of nitrogens with zero attached hydrogens (tertiary/aromatic N) is 4. The van der Waals surface area contributed by atoms with Gasteiger partial charge < -0.3 is 10.1 Å². The molecule has 6 rings (SSSR count). The van der Waals surface area contributed by atoms with Crippen LogP contribution in [0.2, 0.25) is 0 Å². The minimum absolute atomic E-state index is 0.175. The fourth-order valence-corrected chi connectivity index (χ4v) is 4.34. The molecule has 6 heteroatoms. The van der Waals surface area contributed by atoms with Crippen LogP contribution in [-0.2, 0) is 0 Å². The van der Waals surface area contributed by atoms with Crippen LogP contribution in [0.4, 0.5) is 5.95 Å². The fraction of sp³-hybridized carbons (Fsp3) is 0.125. The molecule has 0 saturated heterocycles. The normalized spacial score (nSPS) is 19.2. The SMILES string of the molecule is Cc1ccc2c(c1)C1=C([C@@H](c3ccccc3)O2)[C@@H](c2cccnc2)n2ncnc2N1. The van der Waals surface area contributed by atoms with Crippen molar-refractivity contribution in [3.8, 4) is 5.75 Å². The number of fused-ring (bicyclic) bond motifs is 3. The Bertz CT molecular complexity index is 1260. The summed E-state index contributed by atoms with van der Waals surface area (Å²) >= 11 is 0.